The number of unbranched alkanes of at least 4 members (excludes halogenated alkanes) is 7. The summed E-state index contributed by atoms with van der Waals surface area (Å²) in [7, 11) is 0. The molecule has 0 unspecified atom stereocenters. The Kier molecular flexibility index (Phi) is 15.3. The van der Waals surface area contributed by atoms with Gasteiger partial charge in [0.05, 0.1) is 0 Å². The topological polar surface area (TPSA) is 26.3 Å². The van der Waals surface area contributed by atoms with Crippen molar-refractivity contribution in [1.29, 1.82) is 0 Å². The summed E-state index contributed by atoms with van der Waals surface area (Å²) in [5, 5.41) is 0. The Bertz CT molecular complexity index is 227. The fourth-order valence-electron chi connectivity index (χ4n) is 1.89. The highest BCUT2D eigenvalue weighted by Crippen LogP contribution is 2.08. The second-order valence-corrected chi connectivity index (χ2v) is 5.31. The van der Waals surface area contributed by atoms with Crippen LogP contribution in [0.25, 0.3) is 0 Å². The highest BCUT2D eigenvalue weighted by atomic mass is 32.1. The molecule has 0 aliphatic heterocycles. The first-order chi connectivity index (χ1) is 9.31. The van der Waals surface area contributed by atoms with Crippen LogP contribution in [0.5, 0.6) is 0 Å². The van der Waals surface area contributed by atoms with Crippen molar-refractivity contribution in [3.63, 3.8) is 0 Å². The van der Waals surface area contributed by atoms with E-state index < -0.39 is 0 Å². The Labute approximate surface area is 124 Å². The number of carbonyl (C=O) groups is 1. The van der Waals surface area contributed by atoms with Crippen molar-refractivity contribution in [2.24, 2.45) is 0 Å². The van der Waals surface area contributed by atoms with E-state index in [2.05, 4.69) is 31.7 Å². The molecular weight excluding hydrogens is 256 g/mol. The number of allylic oxidation sites excluding steroid dienone is 2. The first kappa shape index (κ1) is 18.6. The van der Waals surface area contributed by atoms with Gasteiger partial charge in [0.15, 0.2) is 0 Å². The lowest BCUT2D eigenvalue weighted by Gasteiger charge is -2.00. The molecule has 0 rings (SSSR count). The smallest absolute Gasteiger partial charge is 0.306 e. The maximum absolute atomic E-state index is 11.2. The molecule has 0 fully saturated rings. The van der Waals surface area contributed by atoms with Crippen molar-refractivity contribution in [1.82, 2.24) is 0 Å². The predicted octanol–water partition coefficient (Wildman–Crippen LogP) is 4.94. The van der Waals surface area contributed by atoms with Gasteiger partial charge < -0.3 is 4.74 Å². The zero-order valence-corrected chi connectivity index (χ0v) is 13.3. The molecule has 3 heteroatoms. The molecule has 0 atom stereocenters. The van der Waals surface area contributed by atoms with E-state index in [1.807, 2.05) is 0 Å². The number of hydrogen-bond donors (Lipinski definition) is 1. The van der Waals surface area contributed by atoms with Crippen molar-refractivity contribution in [2.75, 3.05) is 12.4 Å². The SMILES string of the molecule is CCCCCCCCC/C=C/CCC(=O)OCCS. The summed E-state index contributed by atoms with van der Waals surface area (Å²) in [6.45, 7) is 2.67. The molecule has 0 saturated heterocycles. The summed E-state index contributed by atoms with van der Waals surface area (Å²) >= 11 is 3.99. The largest absolute Gasteiger partial charge is 0.465 e. The molecule has 0 aromatic rings. The van der Waals surface area contributed by atoms with Gasteiger partial charge >= 0.3 is 5.97 Å². The highest BCUT2D eigenvalue weighted by Gasteiger charge is 1.98. The van der Waals surface area contributed by atoms with Gasteiger partial charge in [-0.05, 0) is 19.3 Å². The summed E-state index contributed by atoms with van der Waals surface area (Å²) in [5.74, 6) is 0.481. The minimum Gasteiger partial charge on any atom is -0.465 e. The molecule has 19 heavy (non-hydrogen) atoms. The molecule has 0 bridgehead atoms. The van der Waals surface area contributed by atoms with Crippen LogP contribution in [0, 0.1) is 0 Å². The summed E-state index contributed by atoms with van der Waals surface area (Å²) in [6, 6.07) is 0. The van der Waals surface area contributed by atoms with Gasteiger partial charge in [-0.2, -0.15) is 12.6 Å². The van der Waals surface area contributed by atoms with E-state index in [4.69, 9.17) is 4.74 Å². The van der Waals surface area contributed by atoms with E-state index in [0.29, 0.717) is 18.8 Å². The first-order valence-electron chi connectivity index (χ1n) is 7.72. The van der Waals surface area contributed by atoms with Crippen molar-refractivity contribution in [3.05, 3.63) is 12.2 Å². The third-order valence-electron chi connectivity index (χ3n) is 3.01. The zero-order chi connectivity index (χ0) is 14.2. The molecular formula is C16H30O2S. The summed E-state index contributed by atoms with van der Waals surface area (Å²) in [4.78, 5) is 11.2. The summed E-state index contributed by atoms with van der Waals surface area (Å²) in [5.41, 5.74) is 0. The van der Waals surface area contributed by atoms with E-state index in [0.717, 1.165) is 12.8 Å². The molecule has 0 amide bonds. The molecule has 0 aliphatic carbocycles. The number of esters is 1. The third-order valence-corrected chi connectivity index (χ3v) is 3.19. The number of carbonyl (C=O) groups excluding carboxylic acids is 1. The van der Waals surface area contributed by atoms with Crippen LogP contribution in [0.4, 0.5) is 0 Å². The van der Waals surface area contributed by atoms with Crippen LogP contribution in [-0.2, 0) is 9.53 Å². The molecule has 112 valence electrons. The van der Waals surface area contributed by atoms with Crippen molar-refractivity contribution >= 4 is 18.6 Å². The maximum Gasteiger partial charge on any atom is 0.306 e. The van der Waals surface area contributed by atoms with Gasteiger partial charge in [0, 0.05) is 12.2 Å². The van der Waals surface area contributed by atoms with Gasteiger partial charge in [0.1, 0.15) is 6.61 Å². The lowest BCUT2D eigenvalue weighted by Crippen LogP contribution is -2.05. The molecule has 0 aromatic heterocycles. The number of ether oxygens (including phenoxy) is 1. The second kappa shape index (κ2) is 15.6. The Morgan fingerprint density at radius 2 is 1.63 bits per heavy atom. The molecule has 0 heterocycles. The molecule has 0 N–H and O–H groups in total. The second-order valence-electron chi connectivity index (χ2n) is 4.86. The number of hydrogen-bond acceptors (Lipinski definition) is 3. The highest BCUT2D eigenvalue weighted by molar-refractivity contribution is 7.80. The lowest BCUT2D eigenvalue weighted by molar-refractivity contribution is -0.142. The Hall–Kier alpha value is -0.440. The van der Waals surface area contributed by atoms with Crippen LogP contribution in [0.2, 0.25) is 0 Å². The Morgan fingerprint density at radius 1 is 1.00 bits per heavy atom. The quantitative estimate of drug-likeness (QED) is 0.225. The fourth-order valence-corrected chi connectivity index (χ4v) is 1.98. The van der Waals surface area contributed by atoms with E-state index in [1.54, 1.807) is 0 Å². The fraction of sp³-hybridized carbons (Fsp3) is 0.812. The molecule has 0 aliphatic rings. The van der Waals surface area contributed by atoms with Gasteiger partial charge in [0.25, 0.3) is 0 Å². The average Bonchev–Trinajstić information content (AvgIpc) is 2.42. The van der Waals surface area contributed by atoms with Gasteiger partial charge in [-0.3, -0.25) is 4.79 Å². The van der Waals surface area contributed by atoms with Gasteiger partial charge in [-0.15, -0.1) is 0 Å². The predicted molar refractivity (Wildman–Crippen MR) is 85.8 cm³/mol. The maximum atomic E-state index is 11.2. The molecule has 0 radical (unpaired) electrons. The minimum absolute atomic E-state index is 0.116. The molecule has 0 saturated carbocycles. The van der Waals surface area contributed by atoms with E-state index in [1.165, 1.54) is 44.9 Å². The van der Waals surface area contributed by atoms with E-state index in [-0.39, 0.29) is 5.97 Å². The Morgan fingerprint density at radius 3 is 2.32 bits per heavy atom. The standard InChI is InChI=1S/C16H30O2S/c1-2-3-4-5-6-7-8-9-10-11-12-13-16(17)18-14-15-19/h10-11,19H,2-9,12-15H2,1H3/b11-10+. The molecule has 0 aromatic carbocycles. The summed E-state index contributed by atoms with van der Waals surface area (Å²) < 4.78 is 4.93. The Balaban J connectivity index is 3.19. The molecule has 0 spiro atoms. The van der Waals surface area contributed by atoms with Gasteiger partial charge in [0.2, 0.25) is 0 Å². The molecule has 2 nitrogen and oxygen atoms in total. The van der Waals surface area contributed by atoms with E-state index >= 15 is 0 Å². The van der Waals surface area contributed by atoms with E-state index in [9.17, 15) is 4.79 Å². The average molecular weight is 286 g/mol. The minimum atomic E-state index is -0.116. The van der Waals surface area contributed by atoms with Crippen molar-refractivity contribution < 1.29 is 9.53 Å². The van der Waals surface area contributed by atoms with Crippen molar-refractivity contribution in [2.45, 2.75) is 71.1 Å². The van der Waals surface area contributed by atoms with Gasteiger partial charge in [-0.1, -0.05) is 57.6 Å². The van der Waals surface area contributed by atoms with Crippen LogP contribution in [0.1, 0.15) is 71.1 Å². The monoisotopic (exact) mass is 286 g/mol. The first-order valence-corrected chi connectivity index (χ1v) is 8.36. The van der Waals surface area contributed by atoms with Crippen molar-refractivity contribution in [3.8, 4) is 0 Å². The van der Waals surface area contributed by atoms with Gasteiger partial charge in [-0.25, -0.2) is 0 Å². The summed E-state index contributed by atoms with van der Waals surface area (Å²) in [6.07, 6.45) is 16.1. The number of rotatable bonds is 13. The van der Waals surface area contributed by atoms with Crippen LogP contribution < -0.4 is 0 Å². The third kappa shape index (κ3) is 15.5. The van der Waals surface area contributed by atoms with Crippen LogP contribution in [0.3, 0.4) is 0 Å². The van der Waals surface area contributed by atoms with Crippen LogP contribution in [0.15, 0.2) is 12.2 Å². The number of thiol groups is 1. The normalized spacial score (nSPS) is 11.1. The van der Waals surface area contributed by atoms with Crippen LogP contribution >= 0.6 is 12.6 Å². The van der Waals surface area contributed by atoms with Crippen LogP contribution in [-0.4, -0.2) is 18.3 Å². The lowest BCUT2D eigenvalue weighted by atomic mass is 10.1. The zero-order valence-electron chi connectivity index (χ0n) is 12.4.